The highest BCUT2D eigenvalue weighted by molar-refractivity contribution is 7.98. The smallest absolute Gasteiger partial charge is 0.258 e. The van der Waals surface area contributed by atoms with Gasteiger partial charge in [-0.15, -0.1) is 11.8 Å². The van der Waals surface area contributed by atoms with E-state index in [4.69, 9.17) is 0 Å². The maximum absolute atomic E-state index is 10.9. The van der Waals surface area contributed by atoms with Crippen molar-refractivity contribution in [3.05, 3.63) is 69.3 Å². The third-order valence-corrected chi connectivity index (χ3v) is 4.10. The van der Waals surface area contributed by atoms with Crippen LogP contribution in [0.15, 0.2) is 47.4 Å². The van der Waals surface area contributed by atoms with Gasteiger partial charge in [-0.25, -0.2) is 0 Å². The highest BCUT2D eigenvalue weighted by Gasteiger charge is 2.12. The van der Waals surface area contributed by atoms with E-state index in [1.807, 2.05) is 12.1 Å². The van der Waals surface area contributed by atoms with Gasteiger partial charge >= 0.3 is 0 Å². The van der Waals surface area contributed by atoms with Gasteiger partial charge in [0.25, 0.3) is 5.69 Å². The fourth-order valence-electron chi connectivity index (χ4n) is 1.78. The maximum atomic E-state index is 10.9. The van der Waals surface area contributed by atoms with Gasteiger partial charge in [-0.3, -0.25) is 10.1 Å². The Morgan fingerprint density at radius 1 is 1.11 bits per heavy atom. The minimum absolute atomic E-state index is 0.193. The van der Waals surface area contributed by atoms with Crippen LogP contribution in [0.4, 0.5) is 5.69 Å². The van der Waals surface area contributed by atoms with Gasteiger partial charge in [-0.05, 0) is 37.1 Å². The summed E-state index contributed by atoms with van der Waals surface area (Å²) in [6.45, 7) is 4.15. The van der Waals surface area contributed by atoms with Gasteiger partial charge in [-0.2, -0.15) is 0 Å². The lowest BCUT2D eigenvalue weighted by molar-refractivity contribution is -0.385. The second-order valence-electron chi connectivity index (χ2n) is 4.42. The molecule has 2 aromatic carbocycles. The fourth-order valence-corrected chi connectivity index (χ4v) is 2.77. The molecule has 0 amide bonds. The van der Waals surface area contributed by atoms with Crippen LogP contribution in [-0.2, 0) is 5.75 Å². The number of hydrogen-bond donors (Lipinski definition) is 0. The summed E-state index contributed by atoms with van der Waals surface area (Å²) in [5.41, 5.74) is 3.46. The van der Waals surface area contributed by atoms with Crippen molar-refractivity contribution in [2.45, 2.75) is 24.5 Å². The van der Waals surface area contributed by atoms with Gasteiger partial charge in [-0.1, -0.05) is 24.3 Å². The van der Waals surface area contributed by atoms with Crippen molar-refractivity contribution in [2.75, 3.05) is 0 Å². The summed E-state index contributed by atoms with van der Waals surface area (Å²) in [6.07, 6.45) is 0. The van der Waals surface area contributed by atoms with Crippen molar-refractivity contribution in [3.63, 3.8) is 0 Å². The molecule has 2 rings (SSSR count). The fraction of sp³-hybridized carbons (Fsp3) is 0.200. The minimum atomic E-state index is -0.323. The molecule has 0 aliphatic heterocycles. The number of rotatable bonds is 4. The van der Waals surface area contributed by atoms with Crippen LogP contribution in [0.2, 0.25) is 0 Å². The first-order valence-electron chi connectivity index (χ1n) is 6.00. The second-order valence-corrected chi connectivity index (χ2v) is 5.47. The molecule has 0 aromatic heterocycles. The molecule has 19 heavy (non-hydrogen) atoms. The number of para-hydroxylation sites is 1. The number of nitro groups is 1. The van der Waals surface area contributed by atoms with Crippen molar-refractivity contribution >= 4 is 17.4 Å². The maximum Gasteiger partial charge on any atom is 0.273 e. The zero-order valence-electron chi connectivity index (χ0n) is 10.9. The predicted octanol–water partition coefficient (Wildman–Crippen LogP) is 4.50. The lowest BCUT2D eigenvalue weighted by atomic mass is 10.1. The van der Waals surface area contributed by atoms with Crippen molar-refractivity contribution in [3.8, 4) is 0 Å². The lowest BCUT2D eigenvalue weighted by Crippen LogP contribution is -1.93. The molecule has 0 unspecified atom stereocenters. The Morgan fingerprint density at radius 3 is 2.53 bits per heavy atom. The molecule has 0 bridgehead atoms. The third kappa shape index (κ3) is 3.35. The van der Waals surface area contributed by atoms with E-state index in [-0.39, 0.29) is 10.6 Å². The van der Waals surface area contributed by atoms with E-state index in [0.29, 0.717) is 5.75 Å². The Labute approximate surface area is 116 Å². The Hall–Kier alpha value is -1.81. The number of hydrogen-bond acceptors (Lipinski definition) is 3. The summed E-state index contributed by atoms with van der Waals surface area (Å²) in [5.74, 6) is 0.611. The van der Waals surface area contributed by atoms with Crippen LogP contribution in [0.3, 0.4) is 0 Å². The normalized spacial score (nSPS) is 10.4. The Bertz CT molecular complexity index is 611. The number of nitro benzene ring substituents is 1. The first-order valence-corrected chi connectivity index (χ1v) is 6.99. The molecule has 98 valence electrons. The highest BCUT2D eigenvalue weighted by Crippen LogP contribution is 2.28. The third-order valence-electron chi connectivity index (χ3n) is 3.06. The first kappa shape index (κ1) is 13.6. The lowest BCUT2D eigenvalue weighted by Gasteiger charge is -2.05. The van der Waals surface area contributed by atoms with Crippen LogP contribution < -0.4 is 0 Å². The standard InChI is InChI=1S/C15H15NO2S/c1-11-7-8-14(9-12(11)2)19-10-13-5-3-4-6-15(13)16(17)18/h3-9H,10H2,1-2H3. The van der Waals surface area contributed by atoms with Crippen molar-refractivity contribution in [2.24, 2.45) is 0 Å². The Kier molecular flexibility index (Phi) is 4.22. The molecule has 4 heteroatoms. The summed E-state index contributed by atoms with van der Waals surface area (Å²) in [4.78, 5) is 11.7. The second kappa shape index (κ2) is 5.89. The summed E-state index contributed by atoms with van der Waals surface area (Å²) < 4.78 is 0. The summed E-state index contributed by atoms with van der Waals surface area (Å²) in [5, 5.41) is 10.9. The zero-order chi connectivity index (χ0) is 13.8. The van der Waals surface area contributed by atoms with Gasteiger partial charge in [0.1, 0.15) is 0 Å². The quantitative estimate of drug-likeness (QED) is 0.468. The van der Waals surface area contributed by atoms with Crippen LogP contribution in [-0.4, -0.2) is 4.92 Å². The number of aryl methyl sites for hydroxylation is 2. The van der Waals surface area contributed by atoms with Crippen LogP contribution in [0.5, 0.6) is 0 Å². The molecule has 0 saturated carbocycles. The molecule has 0 spiro atoms. The van der Waals surface area contributed by atoms with Gasteiger partial charge in [0, 0.05) is 22.3 Å². The van der Waals surface area contributed by atoms with Crippen LogP contribution in [0.25, 0.3) is 0 Å². The monoisotopic (exact) mass is 273 g/mol. The van der Waals surface area contributed by atoms with Crippen molar-refractivity contribution in [1.82, 2.24) is 0 Å². The highest BCUT2D eigenvalue weighted by atomic mass is 32.2. The summed E-state index contributed by atoms with van der Waals surface area (Å²) in [6, 6.07) is 13.2. The Morgan fingerprint density at radius 2 is 1.84 bits per heavy atom. The van der Waals surface area contributed by atoms with Gasteiger partial charge < -0.3 is 0 Å². The predicted molar refractivity (Wildman–Crippen MR) is 78.6 cm³/mol. The van der Waals surface area contributed by atoms with Crippen LogP contribution in [0, 0.1) is 24.0 Å². The molecule has 0 atom stereocenters. The molecular weight excluding hydrogens is 258 g/mol. The molecule has 0 heterocycles. The van der Waals surface area contributed by atoms with E-state index >= 15 is 0 Å². The molecule has 3 nitrogen and oxygen atoms in total. The van der Waals surface area contributed by atoms with Crippen LogP contribution in [0.1, 0.15) is 16.7 Å². The van der Waals surface area contributed by atoms with E-state index in [9.17, 15) is 10.1 Å². The number of benzene rings is 2. The summed E-state index contributed by atoms with van der Waals surface area (Å²) in [7, 11) is 0. The number of nitrogens with zero attached hydrogens (tertiary/aromatic N) is 1. The van der Waals surface area contributed by atoms with Crippen molar-refractivity contribution in [1.29, 1.82) is 0 Å². The molecule has 0 radical (unpaired) electrons. The molecule has 0 fully saturated rings. The van der Waals surface area contributed by atoms with E-state index in [2.05, 4.69) is 32.0 Å². The van der Waals surface area contributed by atoms with Gasteiger partial charge in [0.15, 0.2) is 0 Å². The molecule has 0 N–H and O–H groups in total. The largest absolute Gasteiger partial charge is 0.273 e. The van der Waals surface area contributed by atoms with E-state index in [1.54, 1.807) is 23.9 Å². The topological polar surface area (TPSA) is 43.1 Å². The molecular formula is C15H15NO2S. The Balaban J connectivity index is 2.14. The summed E-state index contributed by atoms with van der Waals surface area (Å²) >= 11 is 1.62. The first-order chi connectivity index (χ1) is 9.08. The minimum Gasteiger partial charge on any atom is -0.258 e. The van der Waals surface area contributed by atoms with Gasteiger partial charge in [0.2, 0.25) is 0 Å². The van der Waals surface area contributed by atoms with Gasteiger partial charge in [0.05, 0.1) is 4.92 Å². The van der Waals surface area contributed by atoms with E-state index in [0.717, 1.165) is 10.5 Å². The van der Waals surface area contributed by atoms with E-state index < -0.39 is 0 Å². The number of thioether (sulfide) groups is 1. The molecule has 0 aliphatic carbocycles. The average molecular weight is 273 g/mol. The van der Waals surface area contributed by atoms with Crippen molar-refractivity contribution < 1.29 is 4.92 Å². The molecule has 2 aromatic rings. The van der Waals surface area contributed by atoms with E-state index in [1.165, 1.54) is 11.1 Å². The SMILES string of the molecule is Cc1ccc(SCc2ccccc2[N+](=O)[O-])cc1C. The molecule has 0 saturated heterocycles. The molecule has 0 aliphatic rings. The van der Waals surface area contributed by atoms with Crippen LogP contribution >= 0.6 is 11.8 Å². The zero-order valence-corrected chi connectivity index (χ0v) is 11.7. The average Bonchev–Trinajstić information content (AvgIpc) is 2.40.